The van der Waals surface area contributed by atoms with Gasteiger partial charge in [-0.05, 0) is 31.5 Å². The van der Waals surface area contributed by atoms with Crippen molar-refractivity contribution in [2.75, 3.05) is 45.9 Å². The van der Waals surface area contributed by atoms with Gasteiger partial charge in [-0.25, -0.2) is 0 Å². The summed E-state index contributed by atoms with van der Waals surface area (Å²) < 4.78 is 5.84. The number of hydrogen-bond donors (Lipinski definition) is 1. The largest absolute Gasteiger partial charge is 0.379 e. The number of hydrogen-bond acceptors (Lipinski definition) is 6. The molecule has 2 amide bonds. The van der Waals surface area contributed by atoms with Crippen molar-refractivity contribution in [1.29, 1.82) is 0 Å². The predicted octanol–water partition coefficient (Wildman–Crippen LogP) is 2.42. The Hall–Kier alpha value is -1.74. The maximum Gasteiger partial charge on any atom is 0.266 e. The SMILES string of the molecule is Cc1ccc(C=C2SC(=S)N(CCC(=O)NCCCN3CCOCC3)C2=O)cc1. The Kier molecular flexibility index (Phi) is 8.23. The molecule has 6 nitrogen and oxygen atoms in total. The van der Waals surface area contributed by atoms with E-state index < -0.39 is 0 Å². The van der Waals surface area contributed by atoms with Crippen LogP contribution in [-0.4, -0.2) is 71.9 Å². The van der Waals surface area contributed by atoms with E-state index in [4.69, 9.17) is 17.0 Å². The number of nitrogens with one attached hydrogen (secondary N) is 1. The number of ether oxygens (including phenoxy) is 1. The van der Waals surface area contributed by atoms with Crippen LogP contribution in [0.1, 0.15) is 24.0 Å². The van der Waals surface area contributed by atoms with Gasteiger partial charge in [0, 0.05) is 32.6 Å². The van der Waals surface area contributed by atoms with Gasteiger partial charge in [-0.2, -0.15) is 0 Å². The van der Waals surface area contributed by atoms with E-state index in [0.29, 0.717) is 22.3 Å². The van der Waals surface area contributed by atoms with Crippen molar-refractivity contribution in [3.05, 3.63) is 40.3 Å². The minimum Gasteiger partial charge on any atom is -0.379 e. The second-order valence-electron chi connectivity index (χ2n) is 7.15. The molecule has 2 saturated heterocycles. The maximum atomic E-state index is 12.6. The van der Waals surface area contributed by atoms with E-state index in [1.54, 1.807) is 0 Å². The van der Waals surface area contributed by atoms with Gasteiger partial charge in [0.25, 0.3) is 5.91 Å². The lowest BCUT2D eigenvalue weighted by Gasteiger charge is -2.26. The van der Waals surface area contributed by atoms with Crippen LogP contribution in [0.4, 0.5) is 0 Å². The molecule has 2 aliphatic rings. The van der Waals surface area contributed by atoms with Crippen LogP contribution >= 0.6 is 24.0 Å². The highest BCUT2D eigenvalue weighted by Crippen LogP contribution is 2.32. The van der Waals surface area contributed by atoms with E-state index in [0.717, 1.165) is 44.8 Å². The van der Waals surface area contributed by atoms with Crippen LogP contribution in [0.3, 0.4) is 0 Å². The summed E-state index contributed by atoms with van der Waals surface area (Å²) in [6.45, 7) is 7.42. The fourth-order valence-corrected chi connectivity index (χ4v) is 4.47. The van der Waals surface area contributed by atoms with Crippen LogP contribution in [0.15, 0.2) is 29.2 Å². The Balaban J connectivity index is 1.40. The van der Waals surface area contributed by atoms with Crippen molar-refractivity contribution < 1.29 is 14.3 Å². The van der Waals surface area contributed by atoms with Crippen molar-refractivity contribution >= 4 is 46.2 Å². The van der Waals surface area contributed by atoms with Crippen LogP contribution < -0.4 is 5.32 Å². The molecule has 3 rings (SSSR count). The molecule has 1 aromatic carbocycles. The molecule has 1 N–H and O–H groups in total. The molecule has 0 aromatic heterocycles. The molecule has 2 aliphatic heterocycles. The number of aryl methyl sites for hydroxylation is 1. The molecule has 0 spiro atoms. The normalized spacial score (nSPS) is 19.2. The van der Waals surface area contributed by atoms with Crippen molar-refractivity contribution in [3.8, 4) is 0 Å². The zero-order chi connectivity index (χ0) is 20.6. The monoisotopic (exact) mass is 433 g/mol. The molecule has 2 fully saturated rings. The number of carbonyl (C=O) groups is 2. The van der Waals surface area contributed by atoms with Crippen LogP contribution in [0.2, 0.25) is 0 Å². The lowest BCUT2D eigenvalue weighted by atomic mass is 10.1. The Morgan fingerprint density at radius 1 is 1.24 bits per heavy atom. The summed E-state index contributed by atoms with van der Waals surface area (Å²) in [6, 6.07) is 7.98. The number of rotatable bonds is 8. The van der Waals surface area contributed by atoms with Gasteiger partial charge in [-0.15, -0.1) is 0 Å². The van der Waals surface area contributed by atoms with Gasteiger partial charge < -0.3 is 10.1 Å². The number of thiocarbonyl (C=S) groups is 1. The molecule has 2 heterocycles. The van der Waals surface area contributed by atoms with Gasteiger partial charge in [0.05, 0.1) is 18.1 Å². The first-order chi connectivity index (χ1) is 14.0. The summed E-state index contributed by atoms with van der Waals surface area (Å²) >= 11 is 6.63. The molecule has 29 heavy (non-hydrogen) atoms. The Morgan fingerprint density at radius 2 is 1.97 bits per heavy atom. The minimum absolute atomic E-state index is 0.0523. The van der Waals surface area contributed by atoms with Gasteiger partial charge >= 0.3 is 0 Å². The summed E-state index contributed by atoms with van der Waals surface area (Å²) in [5.74, 6) is -0.177. The zero-order valence-electron chi connectivity index (χ0n) is 16.7. The second kappa shape index (κ2) is 10.9. The molecule has 0 atom stereocenters. The quantitative estimate of drug-likeness (QED) is 0.386. The number of thioether (sulfide) groups is 1. The molecular formula is C21H27N3O3S2. The molecule has 0 saturated carbocycles. The minimum atomic E-state index is -0.124. The standard InChI is InChI=1S/C21H27N3O3S2/c1-16-3-5-17(6-4-16)15-18-20(26)24(21(28)29-18)10-7-19(25)22-8-2-9-23-11-13-27-14-12-23/h3-6,15H,2,7-14H2,1H3,(H,22,25). The number of benzene rings is 1. The molecule has 1 aromatic rings. The van der Waals surface area contributed by atoms with Crippen LogP contribution in [-0.2, 0) is 14.3 Å². The van der Waals surface area contributed by atoms with E-state index >= 15 is 0 Å². The number of amides is 2. The Labute approximate surface area is 181 Å². The molecule has 8 heteroatoms. The van der Waals surface area contributed by atoms with E-state index in [-0.39, 0.29) is 18.2 Å². The Morgan fingerprint density at radius 3 is 2.69 bits per heavy atom. The third kappa shape index (κ3) is 6.64. The lowest BCUT2D eigenvalue weighted by Crippen LogP contribution is -2.38. The highest BCUT2D eigenvalue weighted by molar-refractivity contribution is 8.26. The molecule has 0 bridgehead atoms. The van der Waals surface area contributed by atoms with Crippen molar-refractivity contribution in [2.45, 2.75) is 19.8 Å². The smallest absolute Gasteiger partial charge is 0.266 e. The van der Waals surface area contributed by atoms with Gasteiger partial charge in [0.15, 0.2) is 0 Å². The fourth-order valence-electron chi connectivity index (χ4n) is 3.16. The van der Waals surface area contributed by atoms with Gasteiger partial charge in [0.2, 0.25) is 5.91 Å². The van der Waals surface area contributed by atoms with Crippen LogP contribution in [0, 0.1) is 6.92 Å². The lowest BCUT2D eigenvalue weighted by molar-refractivity contribution is -0.123. The zero-order valence-corrected chi connectivity index (χ0v) is 18.3. The van der Waals surface area contributed by atoms with Gasteiger partial charge in [-0.3, -0.25) is 19.4 Å². The van der Waals surface area contributed by atoms with Gasteiger partial charge in [-0.1, -0.05) is 53.8 Å². The highest BCUT2D eigenvalue weighted by Gasteiger charge is 2.32. The van der Waals surface area contributed by atoms with E-state index in [1.807, 2.05) is 37.3 Å². The number of morpholine rings is 1. The average Bonchev–Trinajstić information content (AvgIpc) is 2.99. The summed E-state index contributed by atoms with van der Waals surface area (Å²) in [5, 5.41) is 2.93. The number of carbonyl (C=O) groups excluding carboxylic acids is 2. The molecule has 0 aliphatic carbocycles. The third-order valence-electron chi connectivity index (χ3n) is 4.89. The van der Waals surface area contributed by atoms with Crippen molar-refractivity contribution in [1.82, 2.24) is 15.1 Å². The van der Waals surface area contributed by atoms with E-state index in [2.05, 4.69) is 10.2 Å². The first-order valence-corrected chi connectivity index (χ1v) is 11.1. The summed E-state index contributed by atoms with van der Waals surface area (Å²) in [5.41, 5.74) is 2.14. The van der Waals surface area contributed by atoms with E-state index in [9.17, 15) is 9.59 Å². The molecule has 156 valence electrons. The molecule has 0 unspecified atom stereocenters. The third-order valence-corrected chi connectivity index (χ3v) is 6.27. The average molecular weight is 434 g/mol. The predicted molar refractivity (Wildman–Crippen MR) is 121 cm³/mol. The van der Waals surface area contributed by atoms with Crippen LogP contribution in [0.5, 0.6) is 0 Å². The molecule has 0 radical (unpaired) electrons. The summed E-state index contributed by atoms with van der Waals surface area (Å²) in [7, 11) is 0. The summed E-state index contributed by atoms with van der Waals surface area (Å²) in [6.07, 6.45) is 3.01. The van der Waals surface area contributed by atoms with Crippen molar-refractivity contribution in [2.24, 2.45) is 0 Å². The fraction of sp³-hybridized carbons (Fsp3) is 0.476. The highest BCUT2D eigenvalue weighted by atomic mass is 32.2. The first kappa shape index (κ1) is 22.0. The summed E-state index contributed by atoms with van der Waals surface area (Å²) in [4.78, 5) is 29.2. The maximum absolute atomic E-state index is 12.6. The van der Waals surface area contributed by atoms with Gasteiger partial charge in [0.1, 0.15) is 4.32 Å². The second-order valence-corrected chi connectivity index (χ2v) is 8.83. The topological polar surface area (TPSA) is 61.9 Å². The first-order valence-electron chi connectivity index (χ1n) is 9.92. The van der Waals surface area contributed by atoms with E-state index in [1.165, 1.54) is 22.2 Å². The van der Waals surface area contributed by atoms with Crippen molar-refractivity contribution in [3.63, 3.8) is 0 Å². The Bertz CT molecular complexity index is 774. The molecular weight excluding hydrogens is 406 g/mol. The number of nitrogens with zero attached hydrogens (tertiary/aromatic N) is 2. The van der Waals surface area contributed by atoms with Crippen LogP contribution in [0.25, 0.3) is 6.08 Å².